The largest absolute Gasteiger partial charge is 0.479 e. The molecule has 10 nitrogen and oxygen atoms in total. The molecule has 0 saturated carbocycles. The Hall–Kier alpha value is -4.18. The highest BCUT2D eigenvalue weighted by Crippen LogP contribution is 2.44. The van der Waals surface area contributed by atoms with Gasteiger partial charge in [0.2, 0.25) is 0 Å². The van der Waals surface area contributed by atoms with Gasteiger partial charge in [-0.1, -0.05) is 48.5 Å². The topological polar surface area (TPSA) is 132 Å². The lowest BCUT2D eigenvalue weighted by Crippen LogP contribution is -2.44. The van der Waals surface area contributed by atoms with Crippen LogP contribution < -0.4 is 10.6 Å². The van der Waals surface area contributed by atoms with Crippen molar-refractivity contribution in [1.29, 1.82) is 0 Å². The molecular formula is C25H24N4O6. The number of nitrogens with one attached hydrogen (secondary N) is 2. The molecule has 1 aliphatic heterocycles. The fraction of sp³-hybridized carbons (Fsp3) is 0.280. The number of ether oxygens (including phenoxy) is 2. The number of carbonyl (C=O) groups excluding carboxylic acids is 2. The van der Waals surface area contributed by atoms with Gasteiger partial charge in [-0.3, -0.25) is 14.8 Å². The molecule has 5 rings (SSSR count). The first-order valence-electron chi connectivity index (χ1n) is 11.2. The smallest absolute Gasteiger partial charge is 0.412 e. The number of aromatic nitrogens is 2. The number of nitrogens with zero attached hydrogens (tertiary/aromatic N) is 2. The number of carboxylic acid groups (broad SMARTS) is 1. The standard InChI is InChI=1S/C25H24N4O6/c1-29-21(12-20(28-29)23(30)26-19-10-11-34-22(19)24(31)32)27-25(33)35-13-18-16-8-4-2-6-14(16)15-7-3-5-9-17(15)18/h2-9,12,18-19,22H,10-11,13H2,1H3,(H,26,30)(H,27,33)(H,31,32)/t19-,22+/m1/s1. The van der Waals surface area contributed by atoms with Gasteiger partial charge in [0.1, 0.15) is 12.4 Å². The number of fused-ring (bicyclic) bond motifs is 3. The Morgan fingerprint density at radius 2 is 1.77 bits per heavy atom. The summed E-state index contributed by atoms with van der Waals surface area (Å²) < 4.78 is 12.0. The van der Waals surface area contributed by atoms with Crippen molar-refractivity contribution in [3.05, 3.63) is 71.4 Å². The molecule has 0 bridgehead atoms. The second-order valence-corrected chi connectivity index (χ2v) is 8.49. The Morgan fingerprint density at radius 1 is 1.11 bits per heavy atom. The summed E-state index contributed by atoms with van der Waals surface area (Å²) in [6.45, 7) is 0.405. The van der Waals surface area contributed by atoms with Crippen molar-refractivity contribution < 1.29 is 29.0 Å². The maximum absolute atomic E-state index is 12.6. The van der Waals surface area contributed by atoms with Crippen LogP contribution in [0.2, 0.25) is 0 Å². The van der Waals surface area contributed by atoms with E-state index in [0.29, 0.717) is 6.42 Å². The first kappa shape index (κ1) is 22.6. The van der Waals surface area contributed by atoms with Crippen LogP contribution in [0.3, 0.4) is 0 Å². The Bertz CT molecular complexity index is 1260. The minimum absolute atomic E-state index is 0.0393. The summed E-state index contributed by atoms with van der Waals surface area (Å²) in [5, 5.41) is 18.6. The molecule has 0 radical (unpaired) electrons. The van der Waals surface area contributed by atoms with Crippen molar-refractivity contribution in [2.24, 2.45) is 7.05 Å². The molecule has 10 heteroatoms. The molecule has 180 valence electrons. The number of anilines is 1. The fourth-order valence-corrected chi connectivity index (χ4v) is 4.66. The van der Waals surface area contributed by atoms with E-state index in [4.69, 9.17) is 9.47 Å². The monoisotopic (exact) mass is 476 g/mol. The number of hydrogen-bond acceptors (Lipinski definition) is 6. The third kappa shape index (κ3) is 4.35. The minimum atomic E-state index is -1.13. The molecule has 2 amide bonds. The number of aliphatic carboxylic acids is 1. The SMILES string of the molecule is Cn1nc(C(=O)N[C@@H]2CCO[C@@H]2C(=O)O)cc1NC(=O)OCC1c2ccccc2-c2ccccc21. The average molecular weight is 476 g/mol. The molecule has 0 unspecified atom stereocenters. The van der Waals surface area contributed by atoms with Gasteiger partial charge in [-0.25, -0.2) is 9.59 Å². The zero-order chi connectivity index (χ0) is 24.5. The number of carboxylic acids is 1. The van der Waals surface area contributed by atoms with Crippen LogP contribution in [-0.2, 0) is 21.3 Å². The molecule has 1 aliphatic carbocycles. The van der Waals surface area contributed by atoms with Crippen molar-refractivity contribution in [2.75, 3.05) is 18.5 Å². The Labute approximate surface area is 200 Å². The van der Waals surface area contributed by atoms with Gasteiger partial charge in [0.25, 0.3) is 5.91 Å². The fourth-order valence-electron chi connectivity index (χ4n) is 4.66. The maximum Gasteiger partial charge on any atom is 0.412 e. The van der Waals surface area contributed by atoms with Gasteiger partial charge in [-0.2, -0.15) is 5.10 Å². The van der Waals surface area contributed by atoms with E-state index in [0.717, 1.165) is 22.3 Å². The minimum Gasteiger partial charge on any atom is -0.479 e. The molecule has 2 aliphatic rings. The Morgan fingerprint density at radius 3 is 2.43 bits per heavy atom. The van der Waals surface area contributed by atoms with Crippen LogP contribution in [-0.4, -0.2) is 58.2 Å². The van der Waals surface area contributed by atoms with Crippen molar-refractivity contribution in [3.63, 3.8) is 0 Å². The number of aryl methyl sites for hydroxylation is 1. The maximum atomic E-state index is 12.6. The van der Waals surface area contributed by atoms with Crippen LogP contribution in [0, 0.1) is 0 Å². The van der Waals surface area contributed by atoms with Gasteiger partial charge >= 0.3 is 12.1 Å². The van der Waals surface area contributed by atoms with Gasteiger partial charge in [-0.05, 0) is 28.7 Å². The molecule has 2 heterocycles. The van der Waals surface area contributed by atoms with E-state index in [1.54, 1.807) is 7.05 Å². The molecule has 0 spiro atoms. The normalized spacial score (nSPS) is 18.5. The Kier molecular flexibility index (Phi) is 5.96. The van der Waals surface area contributed by atoms with E-state index >= 15 is 0 Å². The van der Waals surface area contributed by atoms with Gasteiger partial charge in [0.15, 0.2) is 11.8 Å². The van der Waals surface area contributed by atoms with E-state index < -0.39 is 30.1 Å². The second kappa shape index (κ2) is 9.22. The van der Waals surface area contributed by atoms with Crippen LogP contribution in [0.1, 0.15) is 34.0 Å². The predicted molar refractivity (Wildman–Crippen MR) is 125 cm³/mol. The lowest BCUT2D eigenvalue weighted by molar-refractivity contribution is -0.148. The van der Waals surface area contributed by atoms with Gasteiger partial charge in [0.05, 0.1) is 6.04 Å². The van der Waals surface area contributed by atoms with Crippen molar-refractivity contribution >= 4 is 23.8 Å². The molecule has 3 N–H and O–H groups in total. The summed E-state index contributed by atoms with van der Waals surface area (Å²) in [6.07, 6.45) is -1.38. The van der Waals surface area contributed by atoms with Crippen LogP contribution in [0.4, 0.5) is 10.6 Å². The number of carbonyl (C=O) groups is 3. The molecular weight excluding hydrogens is 452 g/mol. The van der Waals surface area contributed by atoms with Crippen molar-refractivity contribution in [3.8, 4) is 11.1 Å². The van der Waals surface area contributed by atoms with E-state index in [9.17, 15) is 19.5 Å². The molecule has 35 heavy (non-hydrogen) atoms. The van der Waals surface area contributed by atoms with Gasteiger partial charge < -0.3 is 19.9 Å². The summed E-state index contributed by atoms with van der Waals surface area (Å²) in [5.41, 5.74) is 4.53. The number of rotatable bonds is 6. The lowest BCUT2D eigenvalue weighted by atomic mass is 9.98. The molecule has 1 fully saturated rings. The molecule has 2 atom stereocenters. The third-order valence-corrected chi connectivity index (χ3v) is 6.34. The summed E-state index contributed by atoms with van der Waals surface area (Å²) in [7, 11) is 1.58. The second-order valence-electron chi connectivity index (χ2n) is 8.49. The summed E-state index contributed by atoms with van der Waals surface area (Å²) in [4.78, 5) is 36.4. The first-order valence-corrected chi connectivity index (χ1v) is 11.2. The van der Waals surface area contributed by atoms with Crippen LogP contribution >= 0.6 is 0 Å². The highest BCUT2D eigenvalue weighted by atomic mass is 16.5. The first-order chi connectivity index (χ1) is 16.9. The van der Waals surface area contributed by atoms with Crippen LogP contribution in [0.15, 0.2) is 54.6 Å². The predicted octanol–water partition coefficient (Wildman–Crippen LogP) is 2.75. The highest BCUT2D eigenvalue weighted by molar-refractivity contribution is 5.95. The van der Waals surface area contributed by atoms with Gasteiger partial charge in [-0.15, -0.1) is 0 Å². The molecule has 1 aromatic heterocycles. The van der Waals surface area contributed by atoms with Crippen molar-refractivity contribution in [1.82, 2.24) is 15.1 Å². The van der Waals surface area contributed by atoms with E-state index in [2.05, 4.69) is 27.9 Å². The van der Waals surface area contributed by atoms with Crippen LogP contribution in [0.5, 0.6) is 0 Å². The quantitative estimate of drug-likeness (QED) is 0.498. The number of hydrogen-bond donors (Lipinski definition) is 3. The number of benzene rings is 2. The summed E-state index contributed by atoms with van der Waals surface area (Å²) >= 11 is 0. The molecule has 3 aromatic rings. The zero-order valence-electron chi connectivity index (χ0n) is 18.9. The highest BCUT2D eigenvalue weighted by Gasteiger charge is 2.36. The Balaban J connectivity index is 1.22. The zero-order valence-corrected chi connectivity index (χ0v) is 18.9. The molecule has 2 aromatic carbocycles. The third-order valence-electron chi connectivity index (χ3n) is 6.34. The average Bonchev–Trinajstić information content (AvgIpc) is 3.54. The summed E-state index contributed by atoms with van der Waals surface area (Å²) in [5.74, 6) is -1.49. The van der Waals surface area contributed by atoms with E-state index in [-0.39, 0.29) is 30.6 Å². The van der Waals surface area contributed by atoms with Gasteiger partial charge in [0, 0.05) is 25.6 Å². The lowest BCUT2D eigenvalue weighted by Gasteiger charge is -2.15. The van der Waals surface area contributed by atoms with E-state index in [1.807, 2.05) is 36.4 Å². The molecule has 1 saturated heterocycles. The van der Waals surface area contributed by atoms with E-state index in [1.165, 1.54) is 10.7 Å². The van der Waals surface area contributed by atoms with Crippen LogP contribution in [0.25, 0.3) is 11.1 Å². The number of amides is 2. The summed E-state index contributed by atoms with van der Waals surface area (Å²) in [6, 6.07) is 16.9. The van der Waals surface area contributed by atoms with Crippen molar-refractivity contribution in [2.45, 2.75) is 24.5 Å².